The van der Waals surface area contributed by atoms with E-state index < -0.39 is 0 Å². The second-order valence-electron chi connectivity index (χ2n) is 5.71. The number of nitrogens with zero attached hydrogens (tertiary/aromatic N) is 2. The lowest BCUT2D eigenvalue weighted by molar-refractivity contribution is -0.120. The Labute approximate surface area is 147 Å². The molecule has 25 heavy (non-hydrogen) atoms. The summed E-state index contributed by atoms with van der Waals surface area (Å²) in [6, 6.07) is 9.93. The van der Waals surface area contributed by atoms with Crippen molar-refractivity contribution in [1.29, 1.82) is 0 Å². The van der Waals surface area contributed by atoms with Crippen LogP contribution in [0, 0.1) is 13.8 Å². The van der Waals surface area contributed by atoms with Crippen LogP contribution in [0.1, 0.15) is 27.3 Å². The molecule has 0 saturated carbocycles. The minimum absolute atomic E-state index is 0.0781. The smallest absolute Gasteiger partial charge is 0.255 e. The standard InChI is InChI=1S/C18H24N4O3/c1-13-17(18(24)20-11-16(23)19-9-10-25-3)14(2)22(21-13)12-15-7-5-4-6-8-15/h4-8H,9-12H2,1-3H3,(H,19,23)(H,20,24). The number of rotatable bonds is 8. The van der Waals surface area contributed by atoms with Crippen LogP contribution in [-0.4, -0.2) is 48.4 Å². The maximum atomic E-state index is 12.4. The fraction of sp³-hybridized carbons (Fsp3) is 0.389. The van der Waals surface area contributed by atoms with Crippen molar-refractivity contribution >= 4 is 11.8 Å². The minimum atomic E-state index is -0.295. The third kappa shape index (κ3) is 5.15. The molecule has 0 fully saturated rings. The van der Waals surface area contributed by atoms with Gasteiger partial charge in [0.05, 0.1) is 31.0 Å². The van der Waals surface area contributed by atoms with Gasteiger partial charge in [0.1, 0.15) is 0 Å². The topological polar surface area (TPSA) is 85.2 Å². The van der Waals surface area contributed by atoms with E-state index in [2.05, 4.69) is 15.7 Å². The maximum Gasteiger partial charge on any atom is 0.255 e. The number of aryl methyl sites for hydroxylation is 1. The van der Waals surface area contributed by atoms with E-state index in [0.717, 1.165) is 11.3 Å². The van der Waals surface area contributed by atoms with Crippen molar-refractivity contribution in [3.8, 4) is 0 Å². The van der Waals surface area contributed by atoms with Crippen LogP contribution in [0.2, 0.25) is 0 Å². The summed E-state index contributed by atoms with van der Waals surface area (Å²) >= 11 is 0. The Morgan fingerprint density at radius 2 is 1.88 bits per heavy atom. The number of benzene rings is 1. The Morgan fingerprint density at radius 1 is 1.16 bits per heavy atom. The zero-order chi connectivity index (χ0) is 18.2. The number of hydrogen-bond acceptors (Lipinski definition) is 4. The van der Waals surface area contributed by atoms with Crippen molar-refractivity contribution in [3.05, 3.63) is 52.8 Å². The Bertz CT molecular complexity index is 725. The molecule has 0 bridgehead atoms. The first kappa shape index (κ1) is 18.7. The molecular weight excluding hydrogens is 320 g/mol. The lowest BCUT2D eigenvalue weighted by Crippen LogP contribution is -2.38. The number of carbonyl (C=O) groups excluding carboxylic acids is 2. The Balaban J connectivity index is 1.99. The van der Waals surface area contributed by atoms with Gasteiger partial charge in [-0.25, -0.2) is 0 Å². The van der Waals surface area contributed by atoms with Crippen molar-refractivity contribution in [2.75, 3.05) is 26.8 Å². The highest BCUT2D eigenvalue weighted by atomic mass is 16.5. The summed E-state index contributed by atoms with van der Waals surface area (Å²) in [5.74, 6) is -0.548. The summed E-state index contributed by atoms with van der Waals surface area (Å²) in [6.07, 6.45) is 0. The van der Waals surface area contributed by atoms with E-state index in [9.17, 15) is 9.59 Å². The SMILES string of the molecule is COCCNC(=O)CNC(=O)c1c(C)nn(Cc2ccccc2)c1C. The lowest BCUT2D eigenvalue weighted by atomic mass is 10.1. The van der Waals surface area contributed by atoms with E-state index in [1.165, 1.54) is 0 Å². The van der Waals surface area contributed by atoms with Crippen LogP contribution in [-0.2, 0) is 16.1 Å². The Hall–Kier alpha value is -2.67. The van der Waals surface area contributed by atoms with E-state index in [1.807, 2.05) is 37.3 Å². The number of ether oxygens (including phenoxy) is 1. The minimum Gasteiger partial charge on any atom is -0.383 e. The van der Waals surface area contributed by atoms with E-state index >= 15 is 0 Å². The highest BCUT2D eigenvalue weighted by molar-refractivity contribution is 5.98. The molecule has 134 valence electrons. The molecule has 1 aromatic heterocycles. The van der Waals surface area contributed by atoms with Crippen LogP contribution < -0.4 is 10.6 Å². The van der Waals surface area contributed by atoms with Gasteiger partial charge in [-0.05, 0) is 19.4 Å². The van der Waals surface area contributed by atoms with Gasteiger partial charge in [0, 0.05) is 19.3 Å². The average Bonchev–Trinajstić information content (AvgIpc) is 2.87. The molecule has 1 heterocycles. The van der Waals surface area contributed by atoms with Crippen molar-refractivity contribution in [2.45, 2.75) is 20.4 Å². The fourth-order valence-electron chi connectivity index (χ4n) is 2.54. The van der Waals surface area contributed by atoms with Gasteiger partial charge in [0.2, 0.25) is 5.91 Å². The molecule has 0 spiro atoms. The van der Waals surface area contributed by atoms with Gasteiger partial charge in [0.25, 0.3) is 5.91 Å². The number of hydrogen-bond donors (Lipinski definition) is 2. The van der Waals surface area contributed by atoms with Gasteiger partial charge < -0.3 is 15.4 Å². The first-order valence-electron chi connectivity index (χ1n) is 8.14. The zero-order valence-corrected chi connectivity index (χ0v) is 14.8. The number of amides is 2. The third-order valence-electron chi connectivity index (χ3n) is 3.82. The highest BCUT2D eigenvalue weighted by Gasteiger charge is 2.19. The largest absolute Gasteiger partial charge is 0.383 e. The molecule has 0 aliphatic heterocycles. The summed E-state index contributed by atoms with van der Waals surface area (Å²) in [7, 11) is 1.56. The highest BCUT2D eigenvalue weighted by Crippen LogP contribution is 2.14. The van der Waals surface area contributed by atoms with Crippen LogP contribution in [0.4, 0.5) is 0 Å². The fourth-order valence-corrected chi connectivity index (χ4v) is 2.54. The summed E-state index contributed by atoms with van der Waals surface area (Å²) in [5.41, 5.74) is 3.04. The number of aromatic nitrogens is 2. The summed E-state index contributed by atoms with van der Waals surface area (Å²) in [6.45, 7) is 5.02. The maximum absolute atomic E-state index is 12.4. The van der Waals surface area contributed by atoms with Crippen LogP contribution in [0.25, 0.3) is 0 Å². The first-order valence-corrected chi connectivity index (χ1v) is 8.14. The molecule has 1 aromatic carbocycles. The summed E-state index contributed by atoms with van der Waals surface area (Å²) in [5, 5.41) is 9.75. The van der Waals surface area contributed by atoms with E-state index in [4.69, 9.17) is 4.74 Å². The van der Waals surface area contributed by atoms with E-state index in [0.29, 0.717) is 31.0 Å². The molecule has 7 heteroatoms. The van der Waals surface area contributed by atoms with E-state index in [1.54, 1.807) is 18.7 Å². The summed E-state index contributed by atoms with van der Waals surface area (Å²) < 4.78 is 6.66. The molecule has 0 aliphatic rings. The third-order valence-corrected chi connectivity index (χ3v) is 3.82. The lowest BCUT2D eigenvalue weighted by Gasteiger charge is -2.08. The average molecular weight is 344 g/mol. The molecule has 2 rings (SSSR count). The van der Waals surface area contributed by atoms with Crippen LogP contribution in [0.15, 0.2) is 30.3 Å². The van der Waals surface area contributed by atoms with Crippen LogP contribution >= 0.6 is 0 Å². The van der Waals surface area contributed by atoms with Gasteiger partial charge >= 0.3 is 0 Å². The van der Waals surface area contributed by atoms with Crippen molar-refractivity contribution in [3.63, 3.8) is 0 Å². The van der Waals surface area contributed by atoms with Crippen molar-refractivity contribution in [1.82, 2.24) is 20.4 Å². The molecular formula is C18H24N4O3. The second kappa shape index (κ2) is 8.98. The van der Waals surface area contributed by atoms with Gasteiger partial charge in [0.15, 0.2) is 0 Å². The Morgan fingerprint density at radius 3 is 2.56 bits per heavy atom. The van der Waals surface area contributed by atoms with E-state index in [-0.39, 0.29) is 18.4 Å². The number of nitrogens with one attached hydrogen (secondary N) is 2. The van der Waals surface area contributed by atoms with Crippen LogP contribution in [0.3, 0.4) is 0 Å². The predicted molar refractivity (Wildman–Crippen MR) is 94.5 cm³/mol. The first-order chi connectivity index (χ1) is 12.0. The molecule has 0 atom stereocenters. The zero-order valence-electron chi connectivity index (χ0n) is 14.8. The second-order valence-corrected chi connectivity index (χ2v) is 5.71. The molecule has 0 unspecified atom stereocenters. The van der Waals surface area contributed by atoms with Gasteiger partial charge in [-0.2, -0.15) is 5.10 Å². The molecule has 0 aliphatic carbocycles. The molecule has 0 radical (unpaired) electrons. The normalized spacial score (nSPS) is 10.5. The molecule has 2 amide bonds. The van der Waals surface area contributed by atoms with Crippen LogP contribution in [0.5, 0.6) is 0 Å². The number of carbonyl (C=O) groups is 2. The molecule has 2 aromatic rings. The molecule has 0 saturated heterocycles. The van der Waals surface area contributed by atoms with Gasteiger partial charge in [-0.3, -0.25) is 14.3 Å². The van der Waals surface area contributed by atoms with Gasteiger partial charge in [-0.1, -0.05) is 30.3 Å². The quantitative estimate of drug-likeness (QED) is 0.701. The van der Waals surface area contributed by atoms with Crippen molar-refractivity contribution < 1.29 is 14.3 Å². The van der Waals surface area contributed by atoms with Gasteiger partial charge in [-0.15, -0.1) is 0 Å². The summed E-state index contributed by atoms with van der Waals surface area (Å²) in [4.78, 5) is 24.1. The van der Waals surface area contributed by atoms with Crippen molar-refractivity contribution in [2.24, 2.45) is 0 Å². The Kier molecular flexibility index (Phi) is 6.71. The number of methoxy groups -OCH3 is 1. The molecule has 7 nitrogen and oxygen atoms in total. The molecule has 2 N–H and O–H groups in total. The predicted octanol–water partition coefficient (Wildman–Crippen LogP) is 1.04. The monoisotopic (exact) mass is 344 g/mol.